The average molecular weight is 426 g/mol. The van der Waals surface area contributed by atoms with Gasteiger partial charge in [-0.05, 0) is 31.2 Å². The van der Waals surface area contributed by atoms with Gasteiger partial charge in [0.15, 0.2) is 23.0 Å². The number of nitrogens with zero attached hydrogens (tertiary/aromatic N) is 2. The standard InChI is InChI=1S/C23H23FN2O5/c1-23(28)15-26(12-11-21(23)30-16-7-3-2-4-8-16)22(27)19-13-17(31-25-19)14-29-20-10-6-5-9-18(20)24/h2-10,13,21,28H,11-12,14-15H2,1H3/t21-,23-/m0/s1. The molecular formula is C23H23FN2O5. The van der Waals surface area contributed by atoms with Gasteiger partial charge >= 0.3 is 0 Å². The largest absolute Gasteiger partial charge is 0.487 e. The van der Waals surface area contributed by atoms with Crippen molar-refractivity contribution < 1.29 is 28.3 Å². The fourth-order valence-electron chi connectivity index (χ4n) is 3.53. The van der Waals surface area contributed by atoms with Crippen molar-refractivity contribution in [3.63, 3.8) is 0 Å². The molecule has 1 saturated heterocycles. The molecule has 8 heteroatoms. The number of β-amino-alcohol motifs (C(OH)–C–C–N with tert-alkyl or cyclic N) is 1. The van der Waals surface area contributed by atoms with Crippen molar-refractivity contribution in [2.24, 2.45) is 0 Å². The van der Waals surface area contributed by atoms with E-state index in [1.165, 1.54) is 23.1 Å². The number of aliphatic hydroxyl groups is 1. The third kappa shape index (κ3) is 4.86. The first-order valence-electron chi connectivity index (χ1n) is 9.99. The summed E-state index contributed by atoms with van der Waals surface area (Å²) in [5, 5.41) is 14.7. The number of likely N-dealkylation sites (tertiary alicyclic amines) is 1. The number of halogens is 1. The lowest BCUT2D eigenvalue weighted by Gasteiger charge is -2.42. The van der Waals surface area contributed by atoms with Gasteiger partial charge in [0, 0.05) is 19.0 Å². The van der Waals surface area contributed by atoms with Crippen molar-refractivity contribution >= 4 is 5.91 Å². The summed E-state index contributed by atoms with van der Waals surface area (Å²) in [5.41, 5.74) is -1.13. The van der Waals surface area contributed by atoms with E-state index in [4.69, 9.17) is 14.0 Å². The van der Waals surface area contributed by atoms with E-state index in [1.807, 2.05) is 30.3 Å². The van der Waals surface area contributed by atoms with Crippen LogP contribution in [0.5, 0.6) is 11.5 Å². The van der Waals surface area contributed by atoms with Gasteiger partial charge < -0.3 is 24.0 Å². The van der Waals surface area contributed by atoms with Crippen LogP contribution in [0.1, 0.15) is 29.6 Å². The molecule has 0 radical (unpaired) electrons. The molecule has 1 N–H and O–H groups in total. The number of hydrogen-bond donors (Lipinski definition) is 1. The van der Waals surface area contributed by atoms with Gasteiger partial charge in [-0.1, -0.05) is 35.5 Å². The minimum absolute atomic E-state index is 0.0636. The first-order chi connectivity index (χ1) is 14.9. The third-order valence-corrected chi connectivity index (χ3v) is 5.16. The number of ether oxygens (including phenoxy) is 2. The fourth-order valence-corrected chi connectivity index (χ4v) is 3.53. The lowest BCUT2D eigenvalue weighted by atomic mass is 9.91. The van der Waals surface area contributed by atoms with Crippen LogP contribution >= 0.6 is 0 Å². The molecule has 1 aliphatic heterocycles. The molecule has 1 aliphatic rings. The lowest BCUT2D eigenvalue weighted by molar-refractivity contribution is -0.0900. The third-order valence-electron chi connectivity index (χ3n) is 5.16. The molecule has 0 bridgehead atoms. The highest BCUT2D eigenvalue weighted by Gasteiger charge is 2.42. The fraction of sp³-hybridized carbons (Fsp3) is 0.304. The number of para-hydroxylation sites is 2. The van der Waals surface area contributed by atoms with E-state index in [0.29, 0.717) is 24.5 Å². The molecule has 0 unspecified atom stereocenters. The SMILES string of the molecule is C[C@]1(O)CN(C(=O)c2cc(COc3ccccc3F)on2)CC[C@@H]1Oc1ccccc1. The molecule has 7 nitrogen and oxygen atoms in total. The predicted molar refractivity (Wildman–Crippen MR) is 109 cm³/mol. The molecule has 2 atom stereocenters. The van der Waals surface area contributed by atoms with Gasteiger partial charge in [-0.2, -0.15) is 0 Å². The second kappa shape index (κ2) is 8.77. The predicted octanol–water partition coefficient (Wildman–Crippen LogP) is 3.44. The summed E-state index contributed by atoms with van der Waals surface area (Å²) in [6, 6.07) is 16.7. The van der Waals surface area contributed by atoms with Crippen molar-refractivity contribution in [2.75, 3.05) is 13.1 Å². The van der Waals surface area contributed by atoms with Gasteiger partial charge in [-0.15, -0.1) is 0 Å². The van der Waals surface area contributed by atoms with Crippen molar-refractivity contribution in [3.8, 4) is 11.5 Å². The Morgan fingerprint density at radius 3 is 2.74 bits per heavy atom. The van der Waals surface area contributed by atoms with Crippen LogP contribution in [0.25, 0.3) is 0 Å². The molecule has 2 heterocycles. The van der Waals surface area contributed by atoms with Gasteiger partial charge in [0.25, 0.3) is 5.91 Å². The van der Waals surface area contributed by atoms with Gasteiger partial charge in [0.05, 0.1) is 6.54 Å². The van der Waals surface area contributed by atoms with Crippen LogP contribution in [0.3, 0.4) is 0 Å². The van der Waals surface area contributed by atoms with Gasteiger partial charge in [-0.3, -0.25) is 4.79 Å². The number of carbonyl (C=O) groups is 1. The highest BCUT2D eigenvalue weighted by molar-refractivity contribution is 5.92. The molecule has 2 aromatic carbocycles. The van der Waals surface area contributed by atoms with Crippen LogP contribution < -0.4 is 9.47 Å². The van der Waals surface area contributed by atoms with Crippen molar-refractivity contribution in [1.29, 1.82) is 0 Å². The monoisotopic (exact) mass is 426 g/mol. The number of rotatable bonds is 6. The number of hydrogen-bond acceptors (Lipinski definition) is 6. The first kappa shape index (κ1) is 20.9. The number of benzene rings is 2. The molecule has 1 aromatic heterocycles. The number of piperidine rings is 1. The van der Waals surface area contributed by atoms with E-state index in [2.05, 4.69) is 5.16 Å². The lowest BCUT2D eigenvalue weighted by Crippen LogP contribution is -2.58. The summed E-state index contributed by atoms with van der Waals surface area (Å²) in [5.74, 6) is 0.202. The van der Waals surface area contributed by atoms with E-state index >= 15 is 0 Å². The van der Waals surface area contributed by atoms with Crippen LogP contribution in [0, 0.1) is 5.82 Å². The summed E-state index contributed by atoms with van der Waals surface area (Å²) in [6.45, 7) is 2.08. The van der Waals surface area contributed by atoms with E-state index in [9.17, 15) is 14.3 Å². The van der Waals surface area contributed by atoms with Gasteiger partial charge in [-0.25, -0.2) is 4.39 Å². The summed E-state index contributed by atoms with van der Waals surface area (Å²) in [7, 11) is 0. The summed E-state index contributed by atoms with van der Waals surface area (Å²) < 4.78 is 30.1. The topological polar surface area (TPSA) is 85.0 Å². The summed E-state index contributed by atoms with van der Waals surface area (Å²) in [6.07, 6.45) is 0.0235. The molecule has 1 amide bonds. The maximum absolute atomic E-state index is 13.6. The average Bonchev–Trinajstić information content (AvgIpc) is 3.24. The minimum atomic E-state index is -1.23. The zero-order valence-electron chi connectivity index (χ0n) is 17.0. The Hall–Kier alpha value is -3.39. The van der Waals surface area contributed by atoms with E-state index in [-0.39, 0.29) is 30.5 Å². The van der Waals surface area contributed by atoms with Crippen molar-refractivity contribution in [3.05, 3.63) is 77.9 Å². The number of amides is 1. The number of carbonyl (C=O) groups excluding carboxylic acids is 1. The number of aromatic nitrogens is 1. The Labute approximate surface area is 179 Å². The normalized spacial score (nSPS) is 21.0. The second-order valence-corrected chi connectivity index (χ2v) is 7.69. The summed E-state index contributed by atoms with van der Waals surface area (Å²) in [4.78, 5) is 14.4. The Kier molecular flexibility index (Phi) is 5.90. The van der Waals surface area contributed by atoms with Crippen molar-refractivity contribution in [2.45, 2.75) is 31.7 Å². The minimum Gasteiger partial charge on any atom is -0.487 e. The van der Waals surface area contributed by atoms with E-state index in [1.54, 1.807) is 19.1 Å². The van der Waals surface area contributed by atoms with Crippen LogP contribution in [0.4, 0.5) is 4.39 Å². The molecular weight excluding hydrogens is 403 g/mol. The van der Waals surface area contributed by atoms with Crippen LogP contribution in [0.15, 0.2) is 65.2 Å². The Morgan fingerprint density at radius 2 is 2.00 bits per heavy atom. The van der Waals surface area contributed by atoms with Crippen LogP contribution in [-0.4, -0.2) is 45.9 Å². The van der Waals surface area contributed by atoms with Gasteiger partial charge in [0.2, 0.25) is 0 Å². The van der Waals surface area contributed by atoms with Crippen LogP contribution in [0.2, 0.25) is 0 Å². The zero-order valence-corrected chi connectivity index (χ0v) is 17.0. The highest BCUT2D eigenvalue weighted by atomic mass is 19.1. The first-order valence-corrected chi connectivity index (χ1v) is 9.99. The molecule has 4 rings (SSSR count). The van der Waals surface area contributed by atoms with Crippen LogP contribution in [-0.2, 0) is 6.61 Å². The zero-order chi connectivity index (χ0) is 21.8. The molecule has 0 aliphatic carbocycles. The highest BCUT2D eigenvalue weighted by Crippen LogP contribution is 2.27. The molecule has 3 aromatic rings. The smallest absolute Gasteiger partial charge is 0.276 e. The van der Waals surface area contributed by atoms with E-state index in [0.717, 1.165) is 0 Å². The van der Waals surface area contributed by atoms with E-state index < -0.39 is 17.5 Å². The Morgan fingerprint density at radius 1 is 1.26 bits per heavy atom. The Bertz CT molecular complexity index is 1040. The molecule has 1 fully saturated rings. The molecule has 162 valence electrons. The quantitative estimate of drug-likeness (QED) is 0.650. The second-order valence-electron chi connectivity index (χ2n) is 7.69. The molecule has 0 spiro atoms. The maximum atomic E-state index is 13.6. The summed E-state index contributed by atoms with van der Waals surface area (Å²) >= 11 is 0. The Balaban J connectivity index is 1.36. The maximum Gasteiger partial charge on any atom is 0.276 e. The van der Waals surface area contributed by atoms with Gasteiger partial charge in [0.1, 0.15) is 24.1 Å². The molecule has 31 heavy (non-hydrogen) atoms. The molecule has 0 saturated carbocycles. The van der Waals surface area contributed by atoms with Crippen molar-refractivity contribution in [1.82, 2.24) is 10.1 Å².